The van der Waals surface area contributed by atoms with Crippen molar-refractivity contribution in [2.45, 2.75) is 31.3 Å². The van der Waals surface area contributed by atoms with Crippen LogP contribution >= 0.6 is 0 Å². The van der Waals surface area contributed by atoms with Gasteiger partial charge in [-0.15, -0.1) is 0 Å². The molecule has 1 atom stereocenters. The van der Waals surface area contributed by atoms with E-state index >= 15 is 0 Å². The standard InChI is InChI=1S/C8H13F4NO/c9-6-1-3-13(4-2-6)5-7(14)8(10,11)12/h6-7,14H,1-5H2. The topological polar surface area (TPSA) is 23.5 Å². The second-order valence-corrected chi connectivity index (χ2v) is 3.53. The number of aliphatic hydroxyl groups is 1. The molecule has 84 valence electrons. The van der Waals surface area contributed by atoms with E-state index in [4.69, 9.17) is 5.11 Å². The number of likely N-dealkylation sites (tertiary alicyclic amines) is 1. The minimum absolute atomic E-state index is 0.255. The van der Waals surface area contributed by atoms with Gasteiger partial charge in [-0.25, -0.2) is 4.39 Å². The lowest BCUT2D eigenvalue weighted by Gasteiger charge is -2.30. The number of hydrogen-bond donors (Lipinski definition) is 1. The van der Waals surface area contributed by atoms with Gasteiger partial charge in [0.1, 0.15) is 6.17 Å². The van der Waals surface area contributed by atoms with E-state index in [1.807, 2.05) is 0 Å². The molecule has 1 heterocycles. The Bertz CT molecular complexity index is 177. The van der Waals surface area contributed by atoms with Crippen LogP contribution in [0.4, 0.5) is 17.6 Å². The van der Waals surface area contributed by atoms with E-state index in [2.05, 4.69) is 0 Å². The predicted molar refractivity (Wildman–Crippen MR) is 42.6 cm³/mol. The molecule has 0 spiro atoms. The Labute approximate surface area is 79.5 Å². The van der Waals surface area contributed by atoms with Gasteiger partial charge in [-0.3, -0.25) is 0 Å². The highest BCUT2D eigenvalue weighted by Gasteiger charge is 2.39. The fourth-order valence-corrected chi connectivity index (χ4v) is 1.43. The molecule has 1 aliphatic heterocycles. The van der Waals surface area contributed by atoms with Crippen molar-refractivity contribution in [1.29, 1.82) is 0 Å². The fourth-order valence-electron chi connectivity index (χ4n) is 1.43. The number of aliphatic hydroxyl groups excluding tert-OH is 1. The minimum Gasteiger partial charge on any atom is -0.382 e. The summed E-state index contributed by atoms with van der Waals surface area (Å²) in [5.41, 5.74) is 0. The number of β-amino-alcohol motifs (C(OH)–C–C–N with tert-alkyl or cyclic N) is 1. The molecule has 1 unspecified atom stereocenters. The maximum absolute atomic E-state index is 12.6. The molecule has 0 amide bonds. The predicted octanol–water partition coefficient (Wildman–Crippen LogP) is 1.34. The summed E-state index contributed by atoms with van der Waals surface area (Å²) < 4.78 is 48.4. The molecule has 0 radical (unpaired) electrons. The van der Waals surface area contributed by atoms with E-state index < -0.39 is 25.0 Å². The first-order valence-electron chi connectivity index (χ1n) is 4.51. The zero-order valence-corrected chi connectivity index (χ0v) is 7.60. The summed E-state index contributed by atoms with van der Waals surface area (Å²) in [5, 5.41) is 8.74. The van der Waals surface area contributed by atoms with E-state index in [-0.39, 0.29) is 25.9 Å². The van der Waals surface area contributed by atoms with Crippen LogP contribution in [-0.4, -0.2) is 48.1 Å². The van der Waals surface area contributed by atoms with Crippen molar-refractivity contribution in [1.82, 2.24) is 4.90 Å². The molecule has 0 aromatic carbocycles. The molecule has 1 rings (SSSR count). The van der Waals surface area contributed by atoms with E-state index in [0.717, 1.165) is 0 Å². The van der Waals surface area contributed by atoms with Gasteiger partial charge in [-0.05, 0) is 12.8 Å². The molecule has 0 aliphatic carbocycles. The summed E-state index contributed by atoms with van der Waals surface area (Å²) >= 11 is 0. The second kappa shape index (κ2) is 4.44. The van der Waals surface area contributed by atoms with Crippen LogP contribution in [0, 0.1) is 0 Å². The number of halogens is 4. The van der Waals surface area contributed by atoms with Crippen molar-refractivity contribution < 1.29 is 22.7 Å². The Morgan fingerprint density at radius 2 is 1.79 bits per heavy atom. The van der Waals surface area contributed by atoms with Crippen LogP contribution in [0.1, 0.15) is 12.8 Å². The first kappa shape index (κ1) is 11.7. The number of alkyl halides is 4. The zero-order valence-electron chi connectivity index (χ0n) is 7.60. The number of hydrogen-bond acceptors (Lipinski definition) is 2. The minimum atomic E-state index is -4.58. The van der Waals surface area contributed by atoms with Crippen LogP contribution in [0.2, 0.25) is 0 Å². The average Bonchev–Trinajstić information content (AvgIpc) is 2.07. The highest BCUT2D eigenvalue weighted by Crippen LogP contribution is 2.22. The molecule has 0 saturated carbocycles. The first-order valence-corrected chi connectivity index (χ1v) is 4.51. The molecule has 0 aromatic heterocycles. The molecule has 1 N–H and O–H groups in total. The van der Waals surface area contributed by atoms with Crippen LogP contribution in [0.3, 0.4) is 0 Å². The average molecular weight is 215 g/mol. The third kappa shape index (κ3) is 3.42. The molecule has 2 nitrogen and oxygen atoms in total. The second-order valence-electron chi connectivity index (χ2n) is 3.53. The van der Waals surface area contributed by atoms with Gasteiger partial charge in [0.15, 0.2) is 6.10 Å². The summed E-state index contributed by atoms with van der Waals surface area (Å²) in [5.74, 6) is 0. The van der Waals surface area contributed by atoms with Crippen molar-refractivity contribution in [3.63, 3.8) is 0 Å². The smallest absolute Gasteiger partial charge is 0.382 e. The fraction of sp³-hybridized carbons (Fsp3) is 1.00. The summed E-state index contributed by atoms with van der Waals surface area (Å²) in [6.07, 6.45) is -7.30. The number of piperidine rings is 1. The van der Waals surface area contributed by atoms with E-state index in [1.54, 1.807) is 0 Å². The van der Waals surface area contributed by atoms with Gasteiger partial charge in [0, 0.05) is 19.6 Å². The van der Waals surface area contributed by atoms with Crippen molar-refractivity contribution in [3.05, 3.63) is 0 Å². The van der Waals surface area contributed by atoms with Gasteiger partial charge >= 0.3 is 6.18 Å². The maximum atomic E-state index is 12.6. The summed E-state index contributed by atoms with van der Waals surface area (Å²) in [4.78, 5) is 1.44. The van der Waals surface area contributed by atoms with E-state index in [9.17, 15) is 17.6 Å². The van der Waals surface area contributed by atoms with Gasteiger partial charge < -0.3 is 10.0 Å². The molecular weight excluding hydrogens is 202 g/mol. The molecular formula is C8H13F4NO. The number of rotatable bonds is 2. The Morgan fingerprint density at radius 1 is 1.29 bits per heavy atom. The molecule has 0 bridgehead atoms. The Hall–Kier alpha value is -0.360. The summed E-state index contributed by atoms with van der Waals surface area (Å²) in [6, 6.07) is 0. The third-order valence-electron chi connectivity index (χ3n) is 2.33. The monoisotopic (exact) mass is 215 g/mol. The Kier molecular flexibility index (Phi) is 3.71. The van der Waals surface area contributed by atoms with Crippen LogP contribution in [0.15, 0.2) is 0 Å². The van der Waals surface area contributed by atoms with Crippen LogP contribution in [-0.2, 0) is 0 Å². The lowest BCUT2D eigenvalue weighted by molar-refractivity contribution is -0.208. The summed E-state index contributed by atoms with van der Waals surface area (Å²) in [7, 11) is 0. The van der Waals surface area contributed by atoms with E-state index in [0.29, 0.717) is 0 Å². The lowest BCUT2D eigenvalue weighted by atomic mass is 10.1. The molecule has 14 heavy (non-hydrogen) atoms. The van der Waals surface area contributed by atoms with Crippen LogP contribution in [0.25, 0.3) is 0 Å². The molecule has 1 fully saturated rings. The van der Waals surface area contributed by atoms with Crippen molar-refractivity contribution in [2.24, 2.45) is 0 Å². The molecule has 6 heteroatoms. The van der Waals surface area contributed by atoms with Crippen LogP contribution in [0.5, 0.6) is 0 Å². The van der Waals surface area contributed by atoms with Gasteiger partial charge in [-0.1, -0.05) is 0 Å². The SMILES string of the molecule is OC(CN1CCC(F)CC1)C(F)(F)F. The highest BCUT2D eigenvalue weighted by molar-refractivity contribution is 4.76. The number of nitrogens with zero attached hydrogens (tertiary/aromatic N) is 1. The molecule has 0 aromatic rings. The van der Waals surface area contributed by atoms with Gasteiger partial charge in [0.2, 0.25) is 0 Å². The van der Waals surface area contributed by atoms with Crippen molar-refractivity contribution >= 4 is 0 Å². The highest BCUT2D eigenvalue weighted by atomic mass is 19.4. The largest absolute Gasteiger partial charge is 0.415 e. The van der Waals surface area contributed by atoms with Crippen molar-refractivity contribution in [2.75, 3.05) is 19.6 Å². The molecule has 1 saturated heterocycles. The lowest BCUT2D eigenvalue weighted by Crippen LogP contribution is -2.44. The van der Waals surface area contributed by atoms with E-state index in [1.165, 1.54) is 4.90 Å². The first-order chi connectivity index (χ1) is 6.39. The normalized spacial score (nSPS) is 23.8. The molecule has 1 aliphatic rings. The summed E-state index contributed by atoms with van der Waals surface area (Å²) in [6.45, 7) is 0.124. The van der Waals surface area contributed by atoms with Crippen LogP contribution < -0.4 is 0 Å². The van der Waals surface area contributed by atoms with Gasteiger partial charge in [-0.2, -0.15) is 13.2 Å². The zero-order chi connectivity index (χ0) is 10.8. The van der Waals surface area contributed by atoms with Gasteiger partial charge in [0.25, 0.3) is 0 Å². The third-order valence-corrected chi connectivity index (χ3v) is 2.33. The Morgan fingerprint density at radius 3 is 2.21 bits per heavy atom. The van der Waals surface area contributed by atoms with Gasteiger partial charge in [0.05, 0.1) is 0 Å². The van der Waals surface area contributed by atoms with Crippen molar-refractivity contribution in [3.8, 4) is 0 Å². The quantitative estimate of drug-likeness (QED) is 0.703. The maximum Gasteiger partial charge on any atom is 0.415 e. The Balaban J connectivity index is 2.31.